The molecular weight excluding hydrogens is 501 g/mol. The number of nitrogens with zero attached hydrogens (tertiary/aromatic N) is 3. The van der Waals surface area contributed by atoms with Crippen molar-refractivity contribution in [2.24, 2.45) is 0 Å². The van der Waals surface area contributed by atoms with Crippen LogP contribution in [0.15, 0.2) is 48.8 Å². The van der Waals surface area contributed by atoms with Crippen molar-refractivity contribution < 1.29 is 18.9 Å². The van der Waals surface area contributed by atoms with E-state index in [1.807, 2.05) is 36.1 Å². The van der Waals surface area contributed by atoms with Gasteiger partial charge in [0.25, 0.3) is 0 Å². The monoisotopic (exact) mass is 533 g/mol. The van der Waals surface area contributed by atoms with Crippen LogP contribution in [0, 0.1) is 6.92 Å². The lowest BCUT2D eigenvalue weighted by molar-refractivity contribution is -0.0839. The quantitative estimate of drug-likeness (QED) is 0.317. The summed E-state index contributed by atoms with van der Waals surface area (Å²) in [4.78, 5) is 2.42. The van der Waals surface area contributed by atoms with E-state index < -0.39 is 0 Å². The molecule has 4 rings (SSSR count). The molecule has 2 aromatic carbocycles. The molecule has 3 aromatic rings. The smallest absolute Gasteiger partial charge is 0.161 e. The van der Waals surface area contributed by atoms with Gasteiger partial charge in [-0.3, -0.25) is 9.58 Å². The van der Waals surface area contributed by atoms with E-state index in [2.05, 4.69) is 22.1 Å². The van der Waals surface area contributed by atoms with Crippen LogP contribution in [0.2, 0.25) is 10.0 Å². The molecule has 0 amide bonds. The minimum Gasteiger partial charge on any atom is -0.493 e. The molecule has 0 atom stereocenters. The standard InChI is InChI=1S/C27H33Cl2N3O4/c1-20-16-30-32(17-20)12-13-35-25-7-4-21(14-26(25)33-2)18-31-10-8-27(34-3,9-11-31)19-36-22-5-6-23(28)24(29)15-22/h4-7,14-17H,8-13,18-19H2,1-3H3. The van der Waals surface area contributed by atoms with Crippen molar-refractivity contribution in [3.05, 3.63) is 70.0 Å². The van der Waals surface area contributed by atoms with Gasteiger partial charge >= 0.3 is 0 Å². The first-order valence-electron chi connectivity index (χ1n) is 12.0. The molecule has 1 saturated heterocycles. The van der Waals surface area contributed by atoms with Crippen LogP contribution in [0.4, 0.5) is 0 Å². The van der Waals surface area contributed by atoms with E-state index in [4.69, 9.17) is 42.1 Å². The Morgan fingerprint density at radius 3 is 2.44 bits per heavy atom. The summed E-state index contributed by atoms with van der Waals surface area (Å²) in [6.07, 6.45) is 5.58. The van der Waals surface area contributed by atoms with Gasteiger partial charge in [-0.05, 0) is 55.2 Å². The number of aromatic nitrogens is 2. The molecule has 2 heterocycles. The molecular formula is C27H33Cl2N3O4. The first-order chi connectivity index (χ1) is 17.4. The van der Waals surface area contributed by atoms with Gasteiger partial charge in [-0.2, -0.15) is 5.10 Å². The average molecular weight is 534 g/mol. The predicted molar refractivity (Wildman–Crippen MR) is 142 cm³/mol. The maximum Gasteiger partial charge on any atom is 0.161 e. The molecule has 0 N–H and O–H groups in total. The van der Waals surface area contributed by atoms with Gasteiger partial charge in [0.2, 0.25) is 0 Å². The minimum atomic E-state index is -0.328. The number of rotatable bonds is 11. The first kappa shape index (κ1) is 26.6. The summed E-state index contributed by atoms with van der Waals surface area (Å²) in [6, 6.07) is 11.4. The normalized spacial score (nSPS) is 15.6. The zero-order valence-corrected chi connectivity index (χ0v) is 22.5. The Kier molecular flexibility index (Phi) is 9.01. The van der Waals surface area contributed by atoms with Crippen LogP contribution in [0.5, 0.6) is 17.2 Å². The molecule has 1 aliphatic rings. The zero-order valence-electron chi connectivity index (χ0n) is 21.0. The molecule has 7 nitrogen and oxygen atoms in total. The second-order valence-corrected chi connectivity index (χ2v) is 9.96. The van der Waals surface area contributed by atoms with Crippen molar-refractivity contribution in [1.82, 2.24) is 14.7 Å². The predicted octanol–water partition coefficient (Wildman–Crippen LogP) is 5.65. The summed E-state index contributed by atoms with van der Waals surface area (Å²) < 4.78 is 25.4. The van der Waals surface area contributed by atoms with Crippen LogP contribution in [-0.2, 0) is 17.8 Å². The fourth-order valence-electron chi connectivity index (χ4n) is 4.33. The van der Waals surface area contributed by atoms with Crippen LogP contribution in [-0.4, -0.2) is 60.8 Å². The Labute approximate surface area is 222 Å². The number of benzene rings is 2. The van der Waals surface area contributed by atoms with Crippen molar-refractivity contribution in [3.8, 4) is 17.2 Å². The first-order valence-corrected chi connectivity index (χ1v) is 12.8. The maximum atomic E-state index is 6.11. The van der Waals surface area contributed by atoms with Gasteiger partial charge < -0.3 is 18.9 Å². The number of methoxy groups -OCH3 is 2. The molecule has 1 aliphatic heterocycles. The highest BCUT2D eigenvalue weighted by Gasteiger charge is 2.35. The highest BCUT2D eigenvalue weighted by Crippen LogP contribution is 2.32. The Hall–Kier alpha value is -2.45. The fraction of sp³-hybridized carbons (Fsp3) is 0.444. The van der Waals surface area contributed by atoms with Gasteiger partial charge in [0.1, 0.15) is 24.6 Å². The lowest BCUT2D eigenvalue weighted by Crippen LogP contribution is -2.48. The minimum absolute atomic E-state index is 0.328. The highest BCUT2D eigenvalue weighted by atomic mass is 35.5. The number of hydrogen-bond acceptors (Lipinski definition) is 6. The van der Waals surface area contributed by atoms with Crippen LogP contribution in [0.1, 0.15) is 24.0 Å². The largest absolute Gasteiger partial charge is 0.493 e. The summed E-state index contributed by atoms with van der Waals surface area (Å²) in [5, 5.41) is 5.29. The van der Waals surface area contributed by atoms with Crippen molar-refractivity contribution in [3.63, 3.8) is 0 Å². The summed E-state index contributed by atoms with van der Waals surface area (Å²) >= 11 is 12.1. The van der Waals surface area contributed by atoms with Crippen molar-refractivity contribution >= 4 is 23.2 Å². The third-order valence-corrected chi connectivity index (χ3v) is 7.31. The molecule has 9 heteroatoms. The molecule has 36 heavy (non-hydrogen) atoms. The fourth-order valence-corrected chi connectivity index (χ4v) is 4.62. The second kappa shape index (κ2) is 12.2. The SMILES string of the molecule is COc1cc(CN2CCC(COc3ccc(Cl)c(Cl)c3)(OC)CC2)ccc1OCCn1cc(C)cn1. The zero-order chi connectivity index (χ0) is 25.5. The van der Waals surface area contributed by atoms with E-state index in [0.29, 0.717) is 35.6 Å². The van der Waals surface area contributed by atoms with Crippen molar-refractivity contribution in [2.45, 2.75) is 38.5 Å². The van der Waals surface area contributed by atoms with Gasteiger partial charge in [-0.25, -0.2) is 0 Å². The van der Waals surface area contributed by atoms with Gasteiger partial charge in [-0.15, -0.1) is 0 Å². The Morgan fingerprint density at radius 1 is 0.972 bits per heavy atom. The molecule has 0 radical (unpaired) electrons. The molecule has 0 saturated carbocycles. The van der Waals surface area contributed by atoms with Gasteiger partial charge in [0.05, 0.1) is 29.9 Å². The number of likely N-dealkylation sites (tertiary alicyclic amines) is 1. The average Bonchev–Trinajstić information content (AvgIpc) is 3.31. The molecule has 0 spiro atoms. The third kappa shape index (κ3) is 6.85. The second-order valence-electron chi connectivity index (χ2n) is 9.14. The van der Waals surface area contributed by atoms with E-state index >= 15 is 0 Å². The van der Waals surface area contributed by atoms with E-state index in [0.717, 1.165) is 49.5 Å². The van der Waals surface area contributed by atoms with Crippen LogP contribution in [0.25, 0.3) is 0 Å². The molecule has 194 valence electrons. The lowest BCUT2D eigenvalue weighted by Gasteiger charge is -2.40. The van der Waals surface area contributed by atoms with Gasteiger partial charge in [0.15, 0.2) is 11.5 Å². The summed E-state index contributed by atoms with van der Waals surface area (Å²) in [6.45, 7) is 6.33. The molecule has 0 aliphatic carbocycles. The number of ether oxygens (including phenoxy) is 4. The van der Waals surface area contributed by atoms with Crippen LogP contribution >= 0.6 is 23.2 Å². The van der Waals surface area contributed by atoms with Crippen molar-refractivity contribution in [1.29, 1.82) is 0 Å². The Bertz CT molecular complexity index is 1150. The number of piperidine rings is 1. The molecule has 1 aromatic heterocycles. The van der Waals surface area contributed by atoms with Crippen molar-refractivity contribution in [2.75, 3.05) is 40.5 Å². The molecule has 0 bridgehead atoms. The molecule has 0 unspecified atom stereocenters. The number of halogens is 2. The highest BCUT2D eigenvalue weighted by molar-refractivity contribution is 6.42. The summed E-state index contributed by atoms with van der Waals surface area (Å²) in [5.74, 6) is 2.17. The van der Waals surface area contributed by atoms with E-state index in [-0.39, 0.29) is 5.60 Å². The number of hydrogen-bond donors (Lipinski definition) is 0. The Balaban J connectivity index is 1.28. The van der Waals surface area contributed by atoms with Gasteiger partial charge in [0, 0.05) is 39.0 Å². The maximum absolute atomic E-state index is 6.11. The van der Waals surface area contributed by atoms with E-state index in [9.17, 15) is 0 Å². The van der Waals surface area contributed by atoms with Crippen LogP contribution in [0.3, 0.4) is 0 Å². The molecule has 1 fully saturated rings. The van der Waals surface area contributed by atoms with Crippen LogP contribution < -0.4 is 14.2 Å². The third-order valence-electron chi connectivity index (χ3n) is 6.57. The topological polar surface area (TPSA) is 58.0 Å². The van der Waals surface area contributed by atoms with E-state index in [1.165, 1.54) is 5.56 Å². The van der Waals surface area contributed by atoms with E-state index in [1.54, 1.807) is 26.4 Å². The summed E-state index contributed by atoms with van der Waals surface area (Å²) in [7, 11) is 3.43. The number of aryl methyl sites for hydroxylation is 1. The van der Waals surface area contributed by atoms with Gasteiger partial charge in [-0.1, -0.05) is 29.3 Å². The summed E-state index contributed by atoms with van der Waals surface area (Å²) in [5.41, 5.74) is 1.99. The lowest BCUT2D eigenvalue weighted by atomic mass is 9.91. The Morgan fingerprint density at radius 2 is 1.78 bits per heavy atom.